The highest BCUT2D eigenvalue weighted by atomic mass is 16.5. The summed E-state index contributed by atoms with van der Waals surface area (Å²) in [6, 6.07) is 10.6. The lowest BCUT2D eigenvalue weighted by molar-refractivity contribution is 0.0456. The maximum Gasteiger partial charge on any atom is 0.0949 e. The second kappa shape index (κ2) is 9.97. The summed E-state index contributed by atoms with van der Waals surface area (Å²) >= 11 is 0. The van der Waals surface area contributed by atoms with Crippen LogP contribution in [0.15, 0.2) is 30.3 Å². The van der Waals surface area contributed by atoms with Crippen LogP contribution in [-0.4, -0.2) is 18.7 Å². The van der Waals surface area contributed by atoms with Crippen LogP contribution in [0.4, 0.5) is 0 Å². The molecule has 1 N–H and O–H groups in total. The number of rotatable bonds is 10. The molecule has 1 rings (SSSR count). The van der Waals surface area contributed by atoms with Gasteiger partial charge in [-0.05, 0) is 32.8 Å². The average molecular weight is 291 g/mol. The normalized spacial score (nSPS) is 13.3. The molecule has 0 saturated heterocycles. The quantitative estimate of drug-likeness (QED) is 0.605. The van der Waals surface area contributed by atoms with Crippen molar-refractivity contribution in [1.82, 2.24) is 5.32 Å². The fourth-order valence-corrected chi connectivity index (χ4v) is 2.27. The summed E-state index contributed by atoms with van der Waals surface area (Å²) in [6.07, 6.45) is 6.56. The summed E-state index contributed by atoms with van der Waals surface area (Å²) < 4.78 is 6.14. The first-order valence-electron chi connectivity index (χ1n) is 8.44. The van der Waals surface area contributed by atoms with E-state index >= 15 is 0 Å². The van der Waals surface area contributed by atoms with Gasteiger partial charge in [0.2, 0.25) is 0 Å². The molecule has 1 atom stereocenters. The molecule has 0 saturated carbocycles. The van der Waals surface area contributed by atoms with Crippen LogP contribution in [-0.2, 0) is 4.74 Å². The molecule has 0 radical (unpaired) electrons. The van der Waals surface area contributed by atoms with Gasteiger partial charge in [0, 0.05) is 18.7 Å². The molecule has 2 heteroatoms. The van der Waals surface area contributed by atoms with Gasteiger partial charge in [0.25, 0.3) is 0 Å². The van der Waals surface area contributed by atoms with Crippen LogP contribution in [0.1, 0.15) is 71.5 Å². The smallest absolute Gasteiger partial charge is 0.0949 e. The maximum absolute atomic E-state index is 6.14. The lowest BCUT2D eigenvalue weighted by Crippen LogP contribution is -2.39. The van der Waals surface area contributed by atoms with Crippen molar-refractivity contribution in [2.24, 2.45) is 0 Å². The average Bonchev–Trinajstić information content (AvgIpc) is 2.45. The molecule has 2 nitrogen and oxygen atoms in total. The Labute approximate surface area is 131 Å². The molecule has 1 unspecified atom stereocenters. The van der Waals surface area contributed by atoms with Crippen molar-refractivity contribution in [1.29, 1.82) is 0 Å². The van der Waals surface area contributed by atoms with Crippen LogP contribution in [0.5, 0.6) is 0 Å². The molecule has 0 heterocycles. The van der Waals surface area contributed by atoms with Crippen LogP contribution in [0.2, 0.25) is 0 Å². The molecule has 21 heavy (non-hydrogen) atoms. The fourth-order valence-electron chi connectivity index (χ4n) is 2.27. The lowest BCUT2D eigenvalue weighted by Gasteiger charge is -2.26. The third-order valence-electron chi connectivity index (χ3n) is 3.56. The van der Waals surface area contributed by atoms with E-state index in [1.165, 1.54) is 37.7 Å². The number of hydrogen-bond donors (Lipinski definition) is 1. The number of benzene rings is 1. The van der Waals surface area contributed by atoms with Gasteiger partial charge >= 0.3 is 0 Å². The Bertz CT molecular complexity index is 356. The Morgan fingerprint density at radius 1 is 1.00 bits per heavy atom. The van der Waals surface area contributed by atoms with E-state index in [2.05, 4.69) is 63.3 Å². The Morgan fingerprint density at radius 3 is 2.29 bits per heavy atom. The summed E-state index contributed by atoms with van der Waals surface area (Å²) in [4.78, 5) is 0. The minimum atomic E-state index is 0.123. The molecule has 120 valence electrons. The Hall–Kier alpha value is -0.860. The van der Waals surface area contributed by atoms with E-state index in [-0.39, 0.29) is 11.6 Å². The van der Waals surface area contributed by atoms with Gasteiger partial charge < -0.3 is 10.1 Å². The zero-order valence-electron chi connectivity index (χ0n) is 14.3. The van der Waals surface area contributed by atoms with Gasteiger partial charge in [0.05, 0.1) is 6.10 Å². The number of nitrogens with one attached hydrogen (secondary N) is 1. The van der Waals surface area contributed by atoms with E-state index in [1.54, 1.807) is 0 Å². The van der Waals surface area contributed by atoms with Gasteiger partial charge in [0.1, 0.15) is 0 Å². The summed E-state index contributed by atoms with van der Waals surface area (Å²) in [5.41, 5.74) is 1.39. The fraction of sp³-hybridized carbons (Fsp3) is 0.684. The first-order valence-corrected chi connectivity index (χ1v) is 8.44. The summed E-state index contributed by atoms with van der Waals surface area (Å²) in [7, 11) is 0. The van der Waals surface area contributed by atoms with Gasteiger partial charge in [-0.2, -0.15) is 0 Å². The zero-order chi connectivity index (χ0) is 15.6. The molecule has 0 spiro atoms. The number of hydrogen-bond acceptors (Lipinski definition) is 2. The van der Waals surface area contributed by atoms with E-state index in [9.17, 15) is 0 Å². The molecule has 0 aromatic heterocycles. The predicted octanol–water partition coefficient (Wildman–Crippen LogP) is 5.10. The topological polar surface area (TPSA) is 21.3 Å². The van der Waals surface area contributed by atoms with Crippen molar-refractivity contribution < 1.29 is 4.74 Å². The third-order valence-corrected chi connectivity index (χ3v) is 3.56. The molecule has 0 aliphatic rings. The highest BCUT2D eigenvalue weighted by Gasteiger charge is 2.16. The van der Waals surface area contributed by atoms with Crippen LogP contribution in [0.25, 0.3) is 0 Å². The molecule has 1 aromatic rings. The molecule has 1 aromatic carbocycles. The zero-order valence-corrected chi connectivity index (χ0v) is 14.3. The van der Waals surface area contributed by atoms with E-state index < -0.39 is 0 Å². The summed E-state index contributed by atoms with van der Waals surface area (Å²) in [5.74, 6) is 0. The highest BCUT2D eigenvalue weighted by molar-refractivity contribution is 5.18. The maximum atomic E-state index is 6.14. The molecular weight excluding hydrogens is 258 g/mol. The van der Waals surface area contributed by atoms with Crippen molar-refractivity contribution in [2.45, 2.75) is 71.4 Å². The Morgan fingerprint density at radius 2 is 1.67 bits per heavy atom. The molecule has 0 amide bonds. The van der Waals surface area contributed by atoms with Gasteiger partial charge in [-0.1, -0.05) is 62.9 Å². The largest absolute Gasteiger partial charge is 0.372 e. The van der Waals surface area contributed by atoms with Gasteiger partial charge in [0.15, 0.2) is 0 Å². The van der Waals surface area contributed by atoms with Crippen molar-refractivity contribution in [3.05, 3.63) is 35.9 Å². The van der Waals surface area contributed by atoms with E-state index in [4.69, 9.17) is 4.74 Å². The predicted molar refractivity (Wildman–Crippen MR) is 91.6 cm³/mol. The summed E-state index contributed by atoms with van der Waals surface area (Å²) in [6.45, 7) is 10.6. The molecular formula is C19H33NO. The SMILES string of the molecule is CCCCCCCOC(CNC(C)(C)C)c1ccccc1. The van der Waals surface area contributed by atoms with Crippen LogP contribution >= 0.6 is 0 Å². The minimum absolute atomic E-state index is 0.123. The monoisotopic (exact) mass is 291 g/mol. The summed E-state index contributed by atoms with van der Waals surface area (Å²) in [5, 5.41) is 3.56. The molecule has 0 aliphatic carbocycles. The van der Waals surface area contributed by atoms with E-state index in [0.29, 0.717) is 0 Å². The third kappa shape index (κ3) is 8.90. The molecule has 0 fully saturated rings. The molecule has 0 aliphatic heterocycles. The highest BCUT2D eigenvalue weighted by Crippen LogP contribution is 2.18. The number of unbranched alkanes of at least 4 members (excludes halogenated alkanes) is 4. The van der Waals surface area contributed by atoms with Crippen molar-refractivity contribution in [3.8, 4) is 0 Å². The van der Waals surface area contributed by atoms with Crippen LogP contribution < -0.4 is 5.32 Å². The Kier molecular flexibility index (Phi) is 8.63. The second-order valence-corrected chi connectivity index (χ2v) is 6.82. The van der Waals surface area contributed by atoms with Crippen molar-refractivity contribution in [2.75, 3.05) is 13.2 Å². The van der Waals surface area contributed by atoms with Gasteiger partial charge in [-0.15, -0.1) is 0 Å². The minimum Gasteiger partial charge on any atom is -0.372 e. The molecule has 0 bridgehead atoms. The number of ether oxygens (including phenoxy) is 1. The van der Waals surface area contributed by atoms with Crippen molar-refractivity contribution >= 4 is 0 Å². The first kappa shape index (κ1) is 18.2. The lowest BCUT2D eigenvalue weighted by atomic mass is 10.1. The second-order valence-electron chi connectivity index (χ2n) is 6.82. The Balaban J connectivity index is 2.41. The van der Waals surface area contributed by atoms with Crippen LogP contribution in [0, 0.1) is 0 Å². The first-order chi connectivity index (χ1) is 10.0. The standard InChI is InChI=1S/C19H33NO/c1-5-6-7-8-12-15-21-18(16-20-19(2,3)4)17-13-10-9-11-14-17/h9-11,13-14,18,20H,5-8,12,15-16H2,1-4H3. The van der Waals surface area contributed by atoms with E-state index in [0.717, 1.165) is 13.2 Å². The van der Waals surface area contributed by atoms with Gasteiger partial charge in [-0.3, -0.25) is 0 Å². The van der Waals surface area contributed by atoms with Crippen LogP contribution in [0.3, 0.4) is 0 Å². The van der Waals surface area contributed by atoms with Gasteiger partial charge in [-0.25, -0.2) is 0 Å². The van der Waals surface area contributed by atoms with E-state index in [1.807, 2.05) is 0 Å². The van der Waals surface area contributed by atoms with Crippen molar-refractivity contribution in [3.63, 3.8) is 0 Å².